The Balaban J connectivity index is 1.73. The molecule has 1 aliphatic heterocycles. The Hall–Kier alpha value is -2.05. The molecule has 1 fully saturated rings. The van der Waals surface area contributed by atoms with E-state index in [0.717, 1.165) is 0 Å². The topological polar surface area (TPSA) is 62.3 Å². The zero-order valence-electron chi connectivity index (χ0n) is 12.1. The Labute approximate surface area is 143 Å². The molecule has 1 aromatic heterocycles. The third kappa shape index (κ3) is 3.65. The predicted molar refractivity (Wildman–Crippen MR) is 91.6 cm³/mol. The molecule has 1 aliphatic rings. The summed E-state index contributed by atoms with van der Waals surface area (Å²) in [6.45, 7) is 0. The van der Waals surface area contributed by atoms with E-state index < -0.39 is 6.04 Å². The molecule has 2 aromatic rings. The first-order valence-electron chi connectivity index (χ1n) is 7.01. The molecule has 1 atom stereocenters. The molecule has 0 radical (unpaired) electrons. The lowest BCUT2D eigenvalue weighted by molar-refractivity contribution is -0.119. The number of thioether (sulfide) groups is 1. The van der Waals surface area contributed by atoms with Gasteiger partial charge in [0.05, 0.1) is 5.88 Å². The zero-order chi connectivity index (χ0) is 16.2. The van der Waals surface area contributed by atoms with Crippen molar-refractivity contribution in [1.29, 1.82) is 0 Å². The van der Waals surface area contributed by atoms with Crippen LogP contribution in [0.15, 0.2) is 48.7 Å². The first-order chi connectivity index (χ1) is 11.1. The van der Waals surface area contributed by atoms with Crippen molar-refractivity contribution in [3.05, 3.63) is 59.2 Å². The number of hydrogen-bond acceptors (Lipinski definition) is 4. The van der Waals surface area contributed by atoms with Crippen LogP contribution in [0.3, 0.4) is 0 Å². The summed E-state index contributed by atoms with van der Waals surface area (Å²) in [6.07, 6.45) is 1.61. The maximum absolute atomic E-state index is 12.6. The summed E-state index contributed by atoms with van der Waals surface area (Å²) >= 11 is 7.40. The van der Waals surface area contributed by atoms with Gasteiger partial charge in [-0.25, -0.2) is 4.98 Å². The van der Waals surface area contributed by atoms with E-state index in [1.807, 2.05) is 0 Å². The molecule has 0 aliphatic carbocycles. The molecular weight excluding hydrogens is 334 g/mol. The summed E-state index contributed by atoms with van der Waals surface area (Å²) in [5, 5.41) is 3.32. The number of aromatic nitrogens is 1. The summed E-state index contributed by atoms with van der Waals surface area (Å²) in [6, 6.07) is 11.4. The molecule has 0 bridgehead atoms. The van der Waals surface area contributed by atoms with Gasteiger partial charge in [0, 0.05) is 22.5 Å². The standard InChI is InChI=1S/C16H14ClN3O2S/c17-12-6-4-11(5-7-12)16(22)20-10-23-9-13(20)15(21)19-14-3-1-2-8-18-14/h1-8,13H,9-10H2,(H,18,19,21)/t13-/m1/s1. The number of hydrogen-bond donors (Lipinski definition) is 1. The van der Waals surface area contributed by atoms with E-state index in [1.54, 1.807) is 65.3 Å². The lowest BCUT2D eigenvalue weighted by Crippen LogP contribution is -2.44. The lowest BCUT2D eigenvalue weighted by Gasteiger charge is -2.23. The van der Waals surface area contributed by atoms with Gasteiger partial charge in [0.1, 0.15) is 11.9 Å². The molecule has 3 rings (SSSR count). The molecule has 23 heavy (non-hydrogen) atoms. The maximum Gasteiger partial charge on any atom is 0.255 e. The van der Waals surface area contributed by atoms with Crippen LogP contribution in [0.25, 0.3) is 0 Å². The number of amides is 2. The summed E-state index contributed by atoms with van der Waals surface area (Å²) in [4.78, 5) is 30.7. The van der Waals surface area contributed by atoms with Gasteiger partial charge in [0.2, 0.25) is 5.91 Å². The SMILES string of the molecule is O=C(Nc1ccccn1)[C@H]1CSCN1C(=O)c1ccc(Cl)cc1. The van der Waals surface area contributed by atoms with Gasteiger partial charge < -0.3 is 10.2 Å². The number of halogens is 1. The number of carbonyl (C=O) groups excluding carboxylic acids is 2. The second-order valence-electron chi connectivity index (χ2n) is 5.00. The van der Waals surface area contributed by atoms with Crippen LogP contribution in [-0.2, 0) is 4.79 Å². The Morgan fingerprint density at radius 1 is 1.22 bits per heavy atom. The van der Waals surface area contributed by atoms with Crippen LogP contribution in [-0.4, -0.2) is 39.4 Å². The fourth-order valence-electron chi connectivity index (χ4n) is 2.26. The van der Waals surface area contributed by atoms with Gasteiger partial charge in [-0.05, 0) is 36.4 Å². The van der Waals surface area contributed by atoms with Crippen molar-refractivity contribution in [3.8, 4) is 0 Å². The smallest absolute Gasteiger partial charge is 0.255 e. The van der Waals surface area contributed by atoms with Crippen molar-refractivity contribution in [2.75, 3.05) is 16.9 Å². The number of benzene rings is 1. The van der Waals surface area contributed by atoms with Crippen LogP contribution in [0, 0.1) is 0 Å². The molecule has 5 nitrogen and oxygen atoms in total. The van der Waals surface area contributed by atoms with Crippen LogP contribution in [0.4, 0.5) is 5.82 Å². The van der Waals surface area contributed by atoms with E-state index in [-0.39, 0.29) is 11.8 Å². The average molecular weight is 348 g/mol. The number of pyridine rings is 1. The summed E-state index contributed by atoms with van der Waals surface area (Å²) in [5.74, 6) is 1.14. The van der Waals surface area contributed by atoms with Gasteiger partial charge in [0.25, 0.3) is 5.91 Å². The highest BCUT2D eigenvalue weighted by Crippen LogP contribution is 2.24. The summed E-state index contributed by atoms with van der Waals surface area (Å²) in [7, 11) is 0. The van der Waals surface area contributed by atoms with Crippen LogP contribution < -0.4 is 5.32 Å². The van der Waals surface area contributed by atoms with Gasteiger partial charge in [-0.2, -0.15) is 0 Å². The Kier molecular flexibility index (Phi) is 4.83. The normalized spacial score (nSPS) is 17.1. The monoisotopic (exact) mass is 347 g/mol. The van der Waals surface area contributed by atoms with Crippen LogP contribution in [0.1, 0.15) is 10.4 Å². The number of carbonyl (C=O) groups is 2. The number of rotatable bonds is 3. The average Bonchev–Trinajstić information content (AvgIpc) is 3.05. The Bertz CT molecular complexity index is 709. The Morgan fingerprint density at radius 2 is 2.00 bits per heavy atom. The van der Waals surface area contributed by atoms with Crippen molar-refractivity contribution in [2.45, 2.75) is 6.04 Å². The third-order valence-electron chi connectivity index (χ3n) is 3.45. The van der Waals surface area contributed by atoms with Gasteiger partial charge in [-0.1, -0.05) is 17.7 Å². The van der Waals surface area contributed by atoms with Crippen molar-refractivity contribution in [1.82, 2.24) is 9.88 Å². The molecule has 2 heterocycles. The molecule has 0 saturated carbocycles. The molecule has 2 amide bonds. The first-order valence-corrected chi connectivity index (χ1v) is 8.54. The minimum atomic E-state index is -0.509. The van der Waals surface area contributed by atoms with Gasteiger partial charge in [-0.15, -0.1) is 11.8 Å². The molecular formula is C16H14ClN3O2S. The highest BCUT2D eigenvalue weighted by molar-refractivity contribution is 7.99. The van der Waals surface area contributed by atoms with Crippen molar-refractivity contribution < 1.29 is 9.59 Å². The maximum atomic E-state index is 12.6. The van der Waals surface area contributed by atoms with E-state index in [0.29, 0.717) is 28.0 Å². The highest BCUT2D eigenvalue weighted by Gasteiger charge is 2.35. The second-order valence-corrected chi connectivity index (χ2v) is 6.44. The molecule has 1 saturated heterocycles. The lowest BCUT2D eigenvalue weighted by atomic mass is 10.1. The van der Waals surface area contributed by atoms with Gasteiger partial charge >= 0.3 is 0 Å². The largest absolute Gasteiger partial charge is 0.317 e. The van der Waals surface area contributed by atoms with Gasteiger partial charge in [0.15, 0.2) is 0 Å². The number of nitrogens with zero attached hydrogens (tertiary/aromatic N) is 2. The summed E-state index contributed by atoms with van der Waals surface area (Å²) < 4.78 is 0. The summed E-state index contributed by atoms with van der Waals surface area (Å²) in [5.41, 5.74) is 0.521. The van der Waals surface area contributed by atoms with Crippen LogP contribution in [0.5, 0.6) is 0 Å². The van der Waals surface area contributed by atoms with E-state index >= 15 is 0 Å². The molecule has 118 valence electrons. The molecule has 0 spiro atoms. The molecule has 1 aromatic carbocycles. The van der Waals surface area contributed by atoms with Crippen molar-refractivity contribution >= 4 is 41.0 Å². The van der Waals surface area contributed by atoms with E-state index in [9.17, 15) is 9.59 Å². The predicted octanol–water partition coefficient (Wildman–Crippen LogP) is 2.89. The fourth-order valence-corrected chi connectivity index (χ4v) is 3.54. The van der Waals surface area contributed by atoms with Crippen molar-refractivity contribution in [3.63, 3.8) is 0 Å². The van der Waals surface area contributed by atoms with E-state index in [1.165, 1.54) is 0 Å². The quantitative estimate of drug-likeness (QED) is 0.927. The molecule has 0 unspecified atom stereocenters. The van der Waals surface area contributed by atoms with Crippen LogP contribution >= 0.6 is 23.4 Å². The third-order valence-corrected chi connectivity index (χ3v) is 4.72. The van der Waals surface area contributed by atoms with E-state index in [4.69, 9.17) is 11.6 Å². The minimum Gasteiger partial charge on any atom is -0.317 e. The first kappa shape index (κ1) is 15.8. The van der Waals surface area contributed by atoms with Crippen LogP contribution in [0.2, 0.25) is 5.02 Å². The highest BCUT2D eigenvalue weighted by atomic mass is 35.5. The zero-order valence-corrected chi connectivity index (χ0v) is 13.7. The second kappa shape index (κ2) is 7.02. The van der Waals surface area contributed by atoms with E-state index in [2.05, 4.69) is 10.3 Å². The van der Waals surface area contributed by atoms with Crippen molar-refractivity contribution in [2.24, 2.45) is 0 Å². The minimum absolute atomic E-state index is 0.173. The molecule has 7 heteroatoms. The van der Waals surface area contributed by atoms with Gasteiger partial charge in [-0.3, -0.25) is 9.59 Å². The molecule has 1 N–H and O–H groups in total. The number of nitrogens with one attached hydrogen (secondary N) is 1. The fraction of sp³-hybridized carbons (Fsp3) is 0.188. The number of anilines is 1. The Morgan fingerprint density at radius 3 is 2.70 bits per heavy atom.